The molecule has 1 aliphatic rings. The van der Waals surface area contributed by atoms with Crippen molar-refractivity contribution in [3.63, 3.8) is 0 Å². The molecule has 136 valence electrons. The van der Waals surface area contributed by atoms with Gasteiger partial charge in [0.2, 0.25) is 5.91 Å². The van der Waals surface area contributed by atoms with Crippen LogP contribution in [0.3, 0.4) is 0 Å². The Labute approximate surface area is 156 Å². The van der Waals surface area contributed by atoms with Crippen molar-refractivity contribution < 1.29 is 14.3 Å². The Kier molecular flexibility index (Phi) is 4.65. The van der Waals surface area contributed by atoms with E-state index in [1.54, 1.807) is 23.1 Å². The van der Waals surface area contributed by atoms with Crippen molar-refractivity contribution in [2.45, 2.75) is 25.6 Å². The highest BCUT2D eigenvalue weighted by Gasteiger charge is 2.31. The lowest BCUT2D eigenvalue weighted by atomic mass is 10.0. The van der Waals surface area contributed by atoms with Gasteiger partial charge in [0, 0.05) is 12.1 Å². The number of benzene rings is 2. The summed E-state index contributed by atoms with van der Waals surface area (Å²) in [6, 6.07) is 15.1. The molecule has 7 heteroatoms. The van der Waals surface area contributed by atoms with Gasteiger partial charge in [0.15, 0.2) is 0 Å². The highest BCUT2D eigenvalue weighted by Crippen LogP contribution is 2.32. The highest BCUT2D eigenvalue weighted by molar-refractivity contribution is 5.94. The van der Waals surface area contributed by atoms with Gasteiger partial charge < -0.3 is 10.1 Å². The predicted octanol–water partition coefficient (Wildman–Crippen LogP) is 2.24. The molecule has 0 spiro atoms. The van der Waals surface area contributed by atoms with Crippen LogP contribution in [-0.4, -0.2) is 26.6 Å². The first-order valence-electron chi connectivity index (χ1n) is 8.66. The first-order valence-corrected chi connectivity index (χ1v) is 8.66. The van der Waals surface area contributed by atoms with Crippen molar-refractivity contribution in [1.29, 1.82) is 0 Å². The van der Waals surface area contributed by atoms with E-state index in [4.69, 9.17) is 4.74 Å². The minimum Gasteiger partial charge on any atom is -0.453 e. The van der Waals surface area contributed by atoms with Gasteiger partial charge in [-0.3, -0.25) is 4.79 Å². The number of carbonyl (C=O) groups is 2. The number of rotatable bonds is 6. The summed E-state index contributed by atoms with van der Waals surface area (Å²) in [5.74, 6) is -0.525. The second-order valence-electron chi connectivity index (χ2n) is 6.37. The molecule has 0 fully saturated rings. The number of nitrogens with one attached hydrogen (secondary N) is 1. The summed E-state index contributed by atoms with van der Waals surface area (Å²) in [5.41, 5.74) is 3.41. The molecule has 27 heavy (non-hydrogen) atoms. The van der Waals surface area contributed by atoms with Crippen molar-refractivity contribution >= 4 is 11.9 Å². The van der Waals surface area contributed by atoms with Crippen LogP contribution < -0.4 is 5.32 Å². The Morgan fingerprint density at radius 2 is 1.89 bits per heavy atom. The molecule has 1 atom stereocenters. The minimum absolute atomic E-state index is 0.118. The molecule has 0 bridgehead atoms. The van der Waals surface area contributed by atoms with Crippen molar-refractivity contribution in [3.05, 3.63) is 83.4 Å². The first-order chi connectivity index (χ1) is 13.2. The van der Waals surface area contributed by atoms with Crippen LogP contribution in [0.4, 0.5) is 0 Å². The van der Waals surface area contributed by atoms with Crippen LogP contribution in [-0.2, 0) is 22.6 Å². The third-order valence-corrected chi connectivity index (χ3v) is 4.47. The van der Waals surface area contributed by atoms with Gasteiger partial charge in [0.25, 0.3) is 0 Å². The van der Waals surface area contributed by atoms with E-state index in [9.17, 15) is 9.59 Å². The summed E-state index contributed by atoms with van der Waals surface area (Å²) in [6.45, 7) is 1.07. The van der Waals surface area contributed by atoms with E-state index < -0.39 is 6.10 Å². The third kappa shape index (κ3) is 3.87. The summed E-state index contributed by atoms with van der Waals surface area (Å²) in [4.78, 5) is 28.0. The SMILES string of the molecule is O=C(C[C@@H]1OC(=O)c2ccccc21)NCc1ccc(Cn2cncn2)cc1. The number of nitrogens with zero attached hydrogens (tertiary/aromatic N) is 3. The normalized spacial score (nSPS) is 15.3. The van der Waals surface area contributed by atoms with Crippen LogP contribution in [0.5, 0.6) is 0 Å². The van der Waals surface area contributed by atoms with Gasteiger partial charge in [-0.15, -0.1) is 0 Å². The number of amides is 1. The smallest absolute Gasteiger partial charge is 0.339 e. The fraction of sp³-hybridized carbons (Fsp3) is 0.200. The summed E-state index contributed by atoms with van der Waals surface area (Å²) in [5, 5.41) is 6.96. The lowest BCUT2D eigenvalue weighted by molar-refractivity contribution is -0.123. The van der Waals surface area contributed by atoms with E-state index in [0.717, 1.165) is 16.7 Å². The molecule has 1 amide bonds. The molecule has 0 radical (unpaired) electrons. The summed E-state index contributed by atoms with van der Waals surface area (Å²) >= 11 is 0. The monoisotopic (exact) mass is 362 g/mol. The van der Waals surface area contributed by atoms with E-state index in [0.29, 0.717) is 18.7 Å². The van der Waals surface area contributed by atoms with E-state index in [-0.39, 0.29) is 18.3 Å². The molecule has 1 N–H and O–H groups in total. The predicted molar refractivity (Wildman–Crippen MR) is 96.6 cm³/mol. The van der Waals surface area contributed by atoms with Gasteiger partial charge in [-0.2, -0.15) is 5.10 Å². The molecule has 1 aromatic heterocycles. The lowest BCUT2D eigenvalue weighted by Gasteiger charge is -2.11. The molecule has 7 nitrogen and oxygen atoms in total. The number of carbonyl (C=O) groups excluding carboxylic acids is 2. The topological polar surface area (TPSA) is 86.1 Å². The molecular weight excluding hydrogens is 344 g/mol. The molecule has 3 aromatic rings. The molecule has 0 saturated heterocycles. The van der Waals surface area contributed by atoms with Crippen molar-refractivity contribution in [2.24, 2.45) is 0 Å². The van der Waals surface area contributed by atoms with Gasteiger partial charge in [0.05, 0.1) is 18.5 Å². The number of esters is 1. The van der Waals surface area contributed by atoms with E-state index in [1.165, 1.54) is 6.33 Å². The average molecular weight is 362 g/mol. The Morgan fingerprint density at radius 1 is 1.11 bits per heavy atom. The van der Waals surface area contributed by atoms with E-state index in [2.05, 4.69) is 15.4 Å². The molecule has 4 rings (SSSR count). The number of aromatic nitrogens is 3. The molecule has 2 heterocycles. The number of ether oxygens (including phenoxy) is 1. The third-order valence-electron chi connectivity index (χ3n) is 4.47. The second kappa shape index (κ2) is 7.41. The van der Waals surface area contributed by atoms with Crippen molar-refractivity contribution in [1.82, 2.24) is 20.1 Å². The molecular formula is C20H18N4O3. The maximum Gasteiger partial charge on any atom is 0.339 e. The Balaban J connectivity index is 1.30. The van der Waals surface area contributed by atoms with E-state index in [1.807, 2.05) is 36.4 Å². The van der Waals surface area contributed by atoms with Crippen LogP contribution in [0.2, 0.25) is 0 Å². The maximum atomic E-state index is 12.2. The number of hydrogen-bond acceptors (Lipinski definition) is 5. The molecule has 0 aliphatic carbocycles. The summed E-state index contributed by atoms with van der Waals surface area (Å²) < 4.78 is 7.05. The van der Waals surface area contributed by atoms with Crippen LogP contribution in [0, 0.1) is 0 Å². The van der Waals surface area contributed by atoms with E-state index >= 15 is 0 Å². The number of cyclic esters (lactones) is 1. The highest BCUT2D eigenvalue weighted by atomic mass is 16.5. The zero-order valence-corrected chi connectivity index (χ0v) is 14.5. The summed E-state index contributed by atoms with van der Waals surface area (Å²) in [7, 11) is 0. The molecule has 2 aromatic carbocycles. The maximum absolute atomic E-state index is 12.2. The Hall–Kier alpha value is -3.48. The number of hydrogen-bond donors (Lipinski definition) is 1. The van der Waals surface area contributed by atoms with Crippen LogP contribution in [0.25, 0.3) is 0 Å². The average Bonchev–Trinajstić information content (AvgIpc) is 3.30. The standard InChI is InChI=1S/C20H18N4O3/c25-19(9-18-16-3-1-2-4-17(16)20(26)27-18)22-10-14-5-7-15(8-6-14)11-24-13-21-12-23-24/h1-8,12-13,18H,9-11H2,(H,22,25)/t18-/m0/s1. The summed E-state index contributed by atoms with van der Waals surface area (Å²) in [6.07, 6.45) is 2.78. The molecule has 1 aliphatic heterocycles. The molecule has 0 saturated carbocycles. The van der Waals surface area contributed by atoms with Crippen LogP contribution >= 0.6 is 0 Å². The minimum atomic E-state index is -0.515. The Bertz CT molecular complexity index is 952. The van der Waals surface area contributed by atoms with Gasteiger partial charge in [-0.1, -0.05) is 42.5 Å². The van der Waals surface area contributed by atoms with Gasteiger partial charge in [-0.25, -0.2) is 14.5 Å². The molecule has 0 unspecified atom stereocenters. The zero-order chi connectivity index (χ0) is 18.6. The van der Waals surface area contributed by atoms with Gasteiger partial charge in [0.1, 0.15) is 18.8 Å². The quantitative estimate of drug-likeness (QED) is 0.680. The first kappa shape index (κ1) is 17.0. The van der Waals surface area contributed by atoms with Crippen molar-refractivity contribution in [3.8, 4) is 0 Å². The Morgan fingerprint density at radius 3 is 2.67 bits per heavy atom. The van der Waals surface area contributed by atoms with Gasteiger partial charge in [-0.05, 0) is 17.2 Å². The number of fused-ring (bicyclic) bond motifs is 1. The van der Waals surface area contributed by atoms with Crippen molar-refractivity contribution in [2.75, 3.05) is 0 Å². The second-order valence-corrected chi connectivity index (χ2v) is 6.37. The fourth-order valence-corrected chi connectivity index (χ4v) is 3.08. The largest absolute Gasteiger partial charge is 0.453 e. The van der Waals surface area contributed by atoms with Gasteiger partial charge >= 0.3 is 5.97 Å². The fourth-order valence-electron chi connectivity index (χ4n) is 3.08. The van der Waals surface area contributed by atoms with Crippen LogP contribution in [0.15, 0.2) is 61.2 Å². The van der Waals surface area contributed by atoms with Crippen LogP contribution in [0.1, 0.15) is 39.6 Å². The lowest BCUT2D eigenvalue weighted by Crippen LogP contribution is -2.24. The zero-order valence-electron chi connectivity index (χ0n) is 14.5.